The van der Waals surface area contributed by atoms with Gasteiger partial charge in [-0.2, -0.15) is 0 Å². The van der Waals surface area contributed by atoms with E-state index in [0.717, 1.165) is 0 Å². The van der Waals surface area contributed by atoms with Crippen molar-refractivity contribution in [1.29, 1.82) is 0 Å². The summed E-state index contributed by atoms with van der Waals surface area (Å²) in [6.07, 6.45) is 0. The van der Waals surface area contributed by atoms with Crippen LogP contribution in [0.3, 0.4) is 0 Å². The van der Waals surface area contributed by atoms with Crippen LogP contribution in [0.25, 0.3) is 10.8 Å². The van der Waals surface area contributed by atoms with Crippen LogP contribution in [0.1, 0.15) is 22.6 Å². The van der Waals surface area contributed by atoms with Crippen LogP contribution in [0.5, 0.6) is 0 Å². The Labute approximate surface area is 174 Å². The first-order valence-corrected chi connectivity index (χ1v) is 10.1. The molecule has 4 aromatic rings. The van der Waals surface area contributed by atoms with E-state index in [2.05, 4.69) is 129 Å². The molecule has 0 N–H and O–H groups in total. The van der Waals surface area contributed by atoms with Crippen LogP contribution in [0, 0.1) is 0 Å². The van der Waals surface area contributed by atoms with Gasteiger partial charge in [-0.25, -0.2) is 0 Å². The number of anilines is 2. The topological polar surface area (TPSA) is 6.48 Å². The molecule has 29 heavy (non-hydrogen) atoms. The molecular weight excluding hydrogens is 352 g/mol. The molecule has 4 aromatic carbocycles. The van der Waals surface area contributed by atoms with Crippen LogP contribution in [-0.4, -0.2) is 28.2 Å². The van der Waals surface area contributed by atoms with Crippen molar-refractivity contribution >= 4 is 22.1 Å². The second-order valence-electron chi connectivity index (χ2n) is 8.01. The summed E-state index contributed by atoms with van der Waals surface area (Å²) in [6.45, 7) is 0. The summed E-state index contributed by atoms with van der Waals surface area (Å²) in [5, 5.41) is 2.56. The molecule has 4 rings (SSSR count). The molecule has 0 aliphatic heterocycles. The van der Waals surface area contributed by atoms with Gasteiger partial charge in [0.25, 0.3) is 0 Å². The average molecular weight is 381 g/mol. The minimum atomic E-state index is 0.201. The molecule has 0 aliphatic carbocycles. The number of nitrogens with zero attached hydrogens (tertiary/aromatic N) is 2. The zero-order valence-corrected chi connectivity index (χ0v) is 17.6. The van der Waals surface area contributed by atoms with E-state index < -0.39 is 0 Å². The van der Waals surface area contributed by atoms with E-state index in [4.69, 9.17) is 0 Å². The quantitative estimate of drug-likeness (QED) is 0.383. The summed E-state index contributed by atoms with van der Waals surface area (Å²) in [4.78, 5) is 4.28. The molecule has 2 nitrogen and oxygen atoms in total. The molecule has 0 unspecified atom stereocenters. The zero-order chi connectivity index (χ0) is 20.4. The van der Waals surface area contributed by atoms with Crippen molar-refractivity contribution in [2.75, 3.05) is 38.0 Å². The highest BCUT2D eigenvalue weighted by molar-refractivity contribution is 5.83. The van der Waals surface area contributed by atoms with Crippen molar-refractivity contribution < 1.29 is 0 Å². The molecule has 2 heteroatoms. The Kier molecular flexibility index (Phi) is 5.26. The maximum atomic E-state index is 2.33. The maximum absolute atomic E-state index is 2.33. The molecule has 0 aromatic heterocycles. The molecule has 0 amide bonds. The molecule has 146 valence electrons. The van der Waals surface area contributed by atoms with E-state index in [1.54, 1.807) is 0 Å². The first kappa shape index (κ1) is 19.1. The largest absolute Gasteiger partial charge is 0.378 e. The molecule has 0 spiro atoms. The van der Waals surface area contributed by atoms with Crippen LogP contribution in [0.2, 0.25) is 0 Å². The Hall–Kier alpha value is -3.26. The van der Waals surface area contributed by atoms with Gasteiger partial charge in [-0.3, -0.25) is 0 Å². The number of hydrogen-bond acceptors (Lipinski definition) is 2. The predicted octanol–water partition coefficient (Wildman–Crippen LogP) is 6.15. The third-order valence-electron chi connectivity index (χ3n) is 5.59. The zero-order valence-electron chi connectivity index (χ0n) is 17.6. The van der Waals surface area contributed by atoms with Gasteiger partial charge in [-0.1, -0.05) is 66.7 Å². The van der Waals surface area contributed by atoms with Gasteiger partial charge in [0.2, 0.25) is 0 Å². The van der Waals surface area contributed by atoms with Gasteiger partial charge in [0.1, 0.15) is 0 Å². The predicted molar refractivity (Wildman–Crippen MR) is 126 cm³/mol. The molecule has 0 atom stereocenters. The highest BCUT2D eigenvalue weighted by atomic mass is 15.1. The maximum Gasteiger partial charge on any atom is 0.0361 e. The van der Waals surface area contributed by atoms with Gasteiger partial charge >= 0.3 is 0 Å². The normalized spacial score (nSPS) is 11.1. The standard InChI is InChI=1S/C27H28N2/c1-28(2)25-15-11-21(12-16-25)27(22-13-17-26(18-14-22)29(3)4)24-10-9-20-7-5-6-8-23(20)19-24/h5-19,27H,1-4H3. The van der Waals surface area contributed by atoms with Gasteiger partial charge in [0.05, 0.1) is 0 Å². The van der Waals surface area contributed by atoms with Crippen LogP contribution >= 0.6 is 0 Å². The van der Waals surface area contributed by atoms with E-state index in [1.807, 2.05) is 0 Å². The van der Waals surface area contributed by atoms with Gasteiger partial charge in [0, 0.05) is 45.5 Å². The van der Waals surface area contributed by atoms with Crippen molar-refractivity contribution in [3.8, 4) is 0 Å². The number of rotatable bonds is 5. The Morgan fingerprint density at radius 3 is 1.41 bits per heavy atom. The summed E-state index contributed by atoms with van der Waals surface area (Å²) in [6, 6.07) is 33.3. The van der Waals surface area contributed by atoms with Crippen molar-refractivity contribution in [2.24, 2.45) is 0 Å². The monoisotopic (exact) mass is 380 g/mol. The second-order valence-corrected chi connectivity index (χ2v) is 8.01. The molecule has 0 bridgehead atoms. The number of fused-ring (bicyclic) bond motifs is 1. The molecule has 0 saturated carbocycles. The minimum absolute atomic E-state index is 0.201. The van der Waals surface area contributed by atoms with Crippen molar-refractivity contribution in [2.45, 2.75) is 5.92 Å². The van der Waals surface area contributed by atoms with Crippen LogP contribution in [-0.2, 0) is 0 Å². The Balaban J connectivity index is 1.83. The number of hydrogen-bond donors (Lipinski definition) is 0. The summed E-state index contributed by atoms with van der Waals surface area (Å²) < 4.78 is 0. The highest BCUT2D eigenvalue weighted by Crippen LogP contribution is 2.35. The van der Waals surface area contributed by atoms with Crippen molar-refractivity contribution in [3.63, 3.8) is 0 Å². The van der Waals surface area contributed by atoms with Gasteiger partial charge in [0.15, 0.2) is 0 Å². The lowest BCUT2D eigenvalue weighted by Crippen LogP contribution is -2.10. The van der Waals surface area contributed by atoms with Crippen molar-refractivity contribution in [3.05, 3.63) is 108 Å². The van der Waals surface area contributed by atoms with E-state index in [-0.39, 0.29) is 5.92 Å². The molecular formula is C27H28N2. The van der Waals surface area contributed by atoms with E-state index >= 15 is 0 Å². The fourth-order valence-electron chi connectivity index (χ4n) is 3.89. The lowest BCUT2D eigenvalue weighted by Gasteiger charge is -2.22. The third kappa shape index (κ3) is 3.97. The number of benzene rings is 4. The van der Waals surface area contributed by atoms with Crippen molar-refractivity contribution in [1.82, 2.24) is 0 Å². The van der Waals surface area contributed by atoms with E-state index in [9.17, 15) is 0 Å². The fourth-order valence-corrected chi connectivity index (χ4v) is 3.89. The Morgan fingerprint density at radius 1 is 0.483 bits per heavy atom. The lowest BCUT2D eigenvalue weighted by atomic mass is 9.84. The van der Waals surface area contributed by atoms with E-state index in [1.165, 1.54) is 38.8 Å². The second kappa shape index (κ2) is 8.00. The van der Waals surface area contributed by atoms with Crippen LogP contribution in [0.15, 0.2) is 91.0 Å². The average Bonchev–Trinajstić information content (AvgIpc) is 2.74. The van der Waals surface area contributed by atoms with Gasteiger partial charge in [-0.15, -0.1) is 0 Å². The Morgan fingerprint density at radius 2 is 0.931 bits per heavy atom. The van der Waals surface area contributed by atoms with Crippen LogP contribution < -0.4 is 9.80 Å². The fraction of sp³-hybridized carbons (Fsp3) is 0.185. The SMILES string of the molecule is CN(C)c1ccc(C(c2ccc(N(C)C)cc2)c2ccc3ccccc3c2)cc1. The lowest BCUT2D eigenvalue weighted by molar-refractivity contribution is 0.976. The van der Waals surface area contributed by atoms with Gasteiger partial charge in [-0.05, 0) is 51.7 Å². The summed E-state index contributed by atoms with van der Waals surface area (Å²) in [5.74, 6) is 0.201. The first-order chi connectivity index (χ1) is 14.0. The van der Waals surface area contributed by atoms with E-state index in [0.29, 0.717) is 0 Å². The summed E-state index contributed by atoms with van der Waals surface area (Å²) >= 11 is 0. The summed E-state index contributed by atoms with van der Waals surface area (Å²) in [5.41, 5.74) is 6.37. The van der Waals surface area contributed by atoms with Crippen LogP contribution in [0.4, 0.5) is 11.4 Å². The summed E-state index contributed by atoms with van der Waals surface area (Å²) in [7, 11) is 8.32. The molecule has 0 heterocycles. The first-order valence-electron chi connectivity index (χ1n) is 10.1. The molecule has 0 fully saturated rings. The third-order valence-corrected chi connectivity index (χ3v) is 5.59. The smallest absolute Gasteiger partial charge is 0.0361 e. The molecule has 0 aliphatic rings. The van der Waals surface area contributed by atoms with Gasteiger partial charge < -0.3 is 9.80 Å². The Bertz CT molecular complexity index is 1040. The minimum Gasteiger partial charge on any atom is -0.378 e. The molecule has 0 radical (unpaired) electrons. The molecule has 0 saturated heterocycles. The highest BCUT2D eigenvalue weighted by Gasteiger charge is 2.17.